The number of rotatable bonds is 5. The number of nitrogens with one attached hydrogen (secondary N) is 1. The number of amides is 1. The molecule has 0 unspecified atom stereocenters. The maximum absolute atomic E-state index is 13.7. The van der Waals surface area contributed by atoms with Gasteiger partial charge in [-0.3, -0.25) is 4.79 Å². The lowest BCUT2D eigenvalue weighted by atomic mass is 9.95. The molecule has 1 aromatic heterocycles. The first-order valence-corrected chi connectivity index (χ1v) is 12.7. The van der Waals surface area contributed by atoms with Crippen LogP contribution in [0.2, 0.25) is 5.02 Å². The Hall–Kier alpha value is -3.48. The van der Waals surface area contributed by atoms with Gasteiger partial charge >= 0.3 is 0 Å². The van der Waals surface area contributed by atoms with E-state index in [9.17, 15) is 4.79 Å². The number of nitrogens with zero attached hydrogens (tertiary/aromatic N) is 2. The Morgan fingerprint density at radius 2 is 1.86 bits per heavy atom. The van der Waals surface area contributed by atoms with Crippen molar-refractivity contribution in [3.05, 3.63) is 99.9 Å². The molecular weight excluding hydrogens is 472 g/mol. The summed E-state index contributed by atoms with van der Waals surface area (Å²) in [5.41, 5.74) is 12.2. The Balaban J connectivity index is 1.56. The van der Waals surface area contributed by atoms with Gasteiger partial charge < -0.3 is 25.3 Å². The highest BCUT2D eigenvalue weighted by molar-refractivity contribution is 6.30. The van der Waals surface area contributed by atoms with Crippen LogP contribution in [-0.4, -0.2) is 43.5 Å². The van der Waals surface area contributed by atoms with Gasteiger partial charge in [-0.05, 0) is 66.6 Å². The molecular formula is C29H31ClN4O2. The molecule has 6 nitrogen and oxygen atoms in total. The lowest BCUT2D eigenvalue weighted by Gasteiger charge is -2.31. The van der Waals surface area contributed by atoms with Crippen LogP contribution in [0, 0.1) is 0 Å². The summed E-state index contributed by atoms with van der Waals surface area (Å²) in [6.45, 7) is 6.64. The lowest BCUT2D eigenvalue weighted by Crippen LogP contribution is -2.43. The van der Waals surface area contributed by atoms with Crippen molar-refractivity contribution in [3.63, 3.8) is 0 Å². The second-order valence-corrected chi connectivity index (χ2v) is 9.70. The summed E-state index contributed by atoms with van der Waals surface area (Å²) < 4.78 is 6.21. The van der Waals surface area contributed by atoms with Crippen molar-refractivity contribution in [2.24, 2.45) is 5.73 Å². The Morgan fingerprint density at radius 3 is 2.61 bits per heavy atom. The van der Waals surface area contributed by atoms with Gasteiger partial charge in [0.2, 0.25) is 0 Å². The van der Waals surface area contributed by atoms with E-state index >= 15 is 0 Å². The second kappa shape index (κ2) is 10.6. The fraction of sp³-hybridized carbons (Fsp3) is 0.276. The smallest absolute Gasteiger partial charge is 0.290 e. The van der Waals surface area contributed by atoms with Crippen LogP contribution >= 0.6 is 11.6 Å². The van der Waals surface area contributed by atoms with E-state index in [1.165, 1.54) is 11.3 Å². The highest BCUT2D eigenvalue weighted by atomic mass is 35.5. The fourth-order valence-corrected chi connectivity index (χ4v) is 4.92. The van der Waals surface area contributed by atoms with Crippen molar-refractivity contribution in [3.8, 4) is 11.3 Å². The summed E-state index contributed by atoms with van der Waals surface area (Å²) in [4.78, 5) is 17.9. The van der Waals surface area contributed by atoms with E-state index in [0.29, 0.717) is 41.8 Å². The van der Waals surface area contributed by atoms with Gasteiger partial charge in [-0.1, -0.05) is 29.8 Å². The van der Waals surface area contributed by atoms with Crippen molar-refractivity contribution in [1.29, 1.82) is 0 Å². The number of anilines is 1. The molecule has 3 aromatic rings. The first kappa shape index (κ1) is 24.2. The van der Waals surface area contributed by atoms with Gasteiger partial charge in [-0.15, -0.1) is 0 Å². The zero-order valence-electron chi connectivity index (χ0n) is 20.5. The van der Waals surface area contributed by atoms with Crippen LogP contribution in [0.15, 0.2) is 76.9 Å². The van der Waals surface area contributed by atoms with Gasteiger partial charge in [-0.25, -0.2) is 0 Å². The predicted molar refractivity (Wildman–Crippen MR) is 145 cm³/mol. The molecule has 0 bridgehead atoms. The molecule has 0 saturated carbocycles. The van der Waals surface area contributed by atoms with Crippen molar-refractivity contribution in [2.45, 2.75) is 19.9 Å². The van der Waals surface area contributed by atoms with E-state index in [1.54, 1.807) is 4.90 Å². The lowest BCUT2D eigenvalue weighted by molar-refractivity contribution is 0.0723. The third kappa shape index (κ3) is 5.20. The van der Waals surface area contributed by atoms with E-state index in [0.717, 1.165) is 42.9 Å². The first-order chi connectivity index (χ1) is 17.5. The van der Waals surface area contributed by atoms with Crippen molar-refractivity contribution >= 4 is 23.2 Å². The zero-order chi connectivity index (χ0) is 25.1. The maximum atomic E-state index is 13.7. The van der Waals surface area contributed by atoms with Gasteiger partial charge in [0.05, 0.1) is 6.54 Å². The zero-order valence-corrected chi connectivity index (χ0v) is 21.2. The van der Waals surface area contributed by atoms with Gasteiger partial charge in [0.25, 0.3) is 5.91 Å². The van der Waals surface area contributed by atoms with E-state index in [1.807, 2.05) is 55.5 Å². The Bertz CT molecular complexity index is 1300. The van der Waals surface area contributed by atoms with Crippen molar-refractivity contribution in [2.75, 3.05) is 37.6 Å². The molecule has 1 fully saturated rings. The Labute approximate surface area is 217 Å². The summed E-state index contributed by atoms with van der Waals surface area (Å²) in [7, 11) is 0. The molecule has 2 aliphatic heterocycles. The molecule has 186 valence electrons. The molecule has 0 spiro atoms. The summed E-state index contributed by atoms with van der Waals surface area (Å²) >= 11 is 6.08. The van der Waals surface area contributed by atoms with Crippen LogP contribution in [0.1, 0.15) is 34.2 Å². The molecule has 2 aliphatic rings. The first-order valence-electron chi connectivity index (χ1n) is 12.3. The van der Waals surface area contributed by atoms with Crippen LogP contribution in [0.25, 0.3) is 11.3 Å². The molecule has 0 radical (unpaired) electrons. The summed E-state index contributed by atoms with van der Waals surface area (Å²) in [6, 6.07) is 16.1. The Morgan fingerprint density at radius 1 is 1.08 bits per heavy atom. The molecule has 3 heterocycles. The number of nitrogens with two attached hydrogens (primary N) is 1. The fourth-order valence-electron chi connectivity index (χ4n) is 4.80. The van der Waals surface area contributed by atoms with Crippen molar-refractivity contribution < 1.29 is 9.21 Å². The quantitative estimate of drug-likeness (QED) is 0.481. The third-order valence-corrected chi connectivity index (χ3v) is 6.96. The molecule has 0 aliphatic carbocycles. The summed E-state index contributed by atoms with van der Waals surface area (Å²) in [5, 5.41) is 4.07. The average molecular weight is 503 g/mol. The number of fused-ring (bicyclic) bond motifs is 2. The van der Waals surface area contributed by atoms with E-state index in [2.05, 4.69) is 28.4 Å². The summed E-state index contributed by atoms with van der Waals surface area (Å²) in [5.74, 6) is 0.875. The van der Waals surface area contributed by atoms with Gasteiger partial charge in [0.15, 0.2) is 5.76 Å². The average Bonchev–Trinajstić information content (AvgIpc) is 3.31. The number of carbonyl (C=O) groups excluding carboxylic acids is 1. The van der Waals surface area contributed by atoms with Crippen molar-refractivity contribution in [1.82, 2.24) is 10.2 Å². The highest BCUT2D eigenvalue weighted by Crippen LogP contribution is 2.33. The minimum atomic E-state index is -0.154. The van der Waals surface area contributed by atoms with Gasteiger partial charge in [-0.2, -0.15) is 0 Å². The second-order valence-electron chi connectivity index (χ2n) is 9.27. The summed E-state index contributed by atoms with van der Waals surface area (Å²) in [6.07, 6.45) is 6.26. The standard InChI is InChI=1S/C29H31ClN4O2/c1-2-3-4-25(31)19-34-18-21-7-10-26(33-13-11-32-12-14-33)16-22(21)15-23-17-27(36-28(23)29(34)35)20-5-8-24(30)9-6-20/h2-10,16-17,32H,11-15,18-19,31H2,1H3/b3-2-,25-4-. The number of carbonyl (C=O) groups is 1. The number of furan rings is 1. The number of allylic oxidation sites excluding steroid dienone is 3. The number of hydrogen-bond donors (Lipinski definition) is 2. The molecule has 1 amide bonds. The molecule has 1 saturated heterocycles. The molecule has 36 heavy (non-hydrogen) atoms. The Kier molecular flexibility index (Phi) is 7.16. The molecule has 2 aromatic carbocycles. The predicted octanol–water partition coefficient (Wildman–Crippen LogP) is 4.97. The topological polar surface area (TPSA) is 74.7 Å². The van der Waals surface area contributed by atoms with Crippen LogP contribution in [0.3, 0.4) is 0 Å². The van der Waals surface area contributed by atoms with E-state index in [4.69, 9.17) is 21.8 Å². The minimum Gasteiger partial charge on any atom is -0.451 e. The van der Waals surface area contributed by atoms with E-state index in [-0.39, 0.29) is 5.91 Å². The number of piperazine rings is 1. The number of hydrogen-bond acceptors (Lipinski definition) is 5. The third-order valence-electron chi connectivity index (χ3n) is 6.71. The number of benzene rings is 2. The van der Waals surface area contributed by atoms with Crippen LogP contribution in [0.5, 0.6) is 0 Å². The van der Waals surface area contributed by atoms with Gasteiger partial charge in [0.1, 0.15) is 5.76 Å². The van der Waals surface area contributed by atoms with Gasteiger partial charge in [0, 0.05) is 66.7 Å². The van der Waals surface area contributed by atoms with Crippen LogP contribution < -0.4 is 16.0 Å². The number of halogens is 1. The molecule has 7 heteroatoms. The van der Waals surface area contributed by atoms with E-state index < -0.39 is 0 Å². The normalized spacial score (nSPS) is 16.6. The molecule has 0 atom stereocenters. The van der Waals surface area contributed by atoms with Crippen LogP contribution in [0.4, 0.5) is 5.69 Å². The maximum Gasteiger partial charge on any atom is 0.290 e. The monoisotopic (exact) mass is 502 g/mol. The highest BCUT2D eigenvalue weighted by Gasteiger charge is 2.29. The SMILES string of the molecule is C/C=C\C=C(/N)CN1Cc2ccc(N3CCNCC3)cc2Cc2cc(-c3ccc(Cl)cc3)oc2C1=O. The molecule has 3 N–H and O–H groups in total. The van der Waals surface area contributed by atoms with Crippen LogP contribution in [-0.2, 0) is 13.0 Å². The largest absolute Gasteiger partial charge is 0.451 e. The minimum absolute atomic E-state index is 0.154. The molecule has 5 rings (SSSR count).